The number of nitrogens with one attached hydrogen (secondary N) is 1. The number of phenolic OH excluding ortho intramolecular Hbond substituents is 1. The molecule has 2 aliphatic carbocycles. The molecule has 2 aliphatic heterocycles. The third kappa shape index (κ3) is 5.59. The molecule has 270 valence electrons. The molecule has 4 amide bonds. The predicted molar refractivity (Wildman–Crippen MR) is 179 cm³/mol. The summed E-state index contributed by atoms with van der Waals surface area (Å²) in [6.07, 6.45) is -2.53. The summed E-state index contributed by atoms with van der Waals surface area (Å²) >= 11 is 12.5. The number of carboxylic acid groups (broad SMARTS) is 1. The van der Waals surface area contributed by atoms with E-state index in [2.05, 4.69) is 10.4 Å². The first-order valence-corrected chi connectivity index (χ1v) is 17.1. The number of allylic oxidation sites excluding steroid dienone is 2. The Kier molecular flexibility index (Phi) is 8.81. The molecule has 16 heteroatoms. The number of aromatic nitrogens is 1. The molecule has 3 N–H and O–H groups in total. The number of nitrogens with zero attached hydrogens (tertiary/aromatic N) is 3. The molecule has 0 radical (unpaired) electrons. The molecule has 0 spiro atoms. The fourth-order valence-corrected chi connectivity index (χ4v) is 8.83. The number of fused-ring (bicyclic) bond motifs is 4. The number of carbonyl (C=O) groups excluding carboxylic acids is 4. The number of benzene rings is 2. The number of halogens is 5. The summed E-state index contributed by atoms with van der Waals surface area (Å²) in [7, 11) is 0. The summed E-state index contributed by atoms with van der Waals surface area (Å²) in [5.41, 5.74) is 1.24. The van der Waals surface area contributed by atoms with E-state index in [1.807, 2.05) is 6.08 Å². The number of hydrazine groups is 1. The maximum absolute atomic E-state index is 15.1. The Morgan fingerprint density at radius 2 is 1.67 bits per heavy atom. The summed E-state index contributed by atoms with van der Waals surface area (Å²) in [5.74, 6) is -8.52. The number of hydrogen-bond donors (Lipinski definition) is 3. The highest BCUT2D eigenvalue weighted by molar-refractivity contribution is 6.33. The normalized spacial score (nSPS) is 26.9. The molecule has 6 atom stereocenters. The van der Waals surface area contributed by atoms with Gasteiger partial charge in [0.1, 0.15) is 5.75 Å². The molecule has 52 heavy (non-hydrogen) atoms. The highest BCUT2D eigenvalue weighted by Crippen LogP contribution is 2.64. The zero-order chi connectivity index (χ0) is 37.3. The average molecular weight is 758 g/mol. The van der Waals surface area contributed by atoms with Crippen molar-refractivity contribution < 1.29 is 47.4 Å². The number of aromatic hydroxyl groups is 1. The van der Waals surface area contributed by atoms with E-state index in [0.29, 0.717) is 39.0 Å². The summed E-state index contributed by atoms with van der Waals surface area (Å²) in [5, 5.41) is 19.9. The molecular formula is C36H29Cl2F3N4O7. The van der Waals surface area contributed by atoms with Gasteiger partial charge in [0.25, 0.3) is 11.8 Å². The van der Waals surface area contributed by atoms with Gasteiger partial charge in [0.05, 0.1) is 33.8 Å². The molecule has 0 bridgehead atoms. The van der Waals surface area contributed by atoms with E-state index in [4.69, 9.17) is 28.3 Å². The Morgan fingerprint density at radius 3 is 2.31 bits per heavy atom. The lowest BCUT2D eigenvalue weighted by Gasteiger charge is -2.50. The van der Waals surface area contributed by atoms with Gasteiger partial charge < -0.3 is 10.2 Å². The SMILES string of the molecule is O=C(O)CCCN1C(=O)[C@H]2[C@H](CC=C3[C@H]2C[C@H]2C(=O)N(Nc4ncc(C(F)(F)F)cc4Cl)C(=O)[C@@]2(c2ccc(Cl)cc2)[C@H]3c2ccc(O)cc2)C1=O. The van der Waals surface area contributed by atoms with Crippen LogP contribution in [0.4, 0.5) is 19.0 Å². The monoisotopic (exact) mass is 756 g/mol. The smallest absolute Gasteiger partial charge is 0.417 e. The Hall–Kier alpha value is -4.95. The number of alkyl halides is 3. The number of likely N-dealkylation sites (tertiary alicyclic amines) is 1. The van der Waals surface area contributed by atoms with Gasteiger partial charge in [-0.1, -0.05) is 59.1 Å². The van der Waals surface area contributed by atoms with Crippen molar-refractivity contribution in [3.05, 3.63) is 99.2 Å². The Labute approximate surface area is 304 Å². The van der Waals surface area contributed by atoms with E-state index >= 15 is 4.79 Å². The number of anilines is 1. The van der Waals surface area contributed by atoms with E-state index in [9.17, 15) is 37.5 Å². The zero-order valence-corrected chi connectivity index (χ0v) is 28.5. The molecule has 2 aromatic carbocycles. The van der Waals surface area contributed by atoms with Crippen molar-refractivity contribution in [3.63, 3.8) is 0 Å². The second-order valence-corrected chi connectivity index (χ2v) is 14.2. The molecule has 3 heterocycles. The number of hydrogen-bond acceptors (Lipinski definition) is 8. The maximum Gasteiger partial charge on any atom is 0.417 e. The van der Waals surface area contributed by atoms with Gasteiger partial charge in [0.15, 0.2) is 5.82 Å². The molecule has 3 aromatic rings. The van der Waals surface area contributed by atoms with E-state index in [-0.39, 0.29) is 43.8 Å². The molecule has 1 saturated carbocycles. The fourth-order valence-electron chi connectivity index (χ4n) is 8.50. The summed E-state index contributed by atoms with van der Waals surface area (Å²) in [6.45, 7) is -0.0887. The topological polar surface area (TPSA) is 157 Å². The van der Waals surface area contributed by atoms with E-state index < -0.39 is 81.4 Å². The first kappa shape index (κ1) is 35.5. The molecule has 0 unspecified atom stereocenters. The third-order valence-electron chi connectivity index (χ3n) is 10.6. The van der Waals surface area contributed by atoms with Crippen LogP contribution in [0.15, 0.2) is 72.4 Å². The van der Waals surface area contributed by atoms with Gasteiger partial charge in [-0.15, -0.1) is 0 Å². The quantitative estimate of drug-likeness (QED) is 0.186. The van der Waals surface area contributed by atoms with Crippen molar-refractivity contribution in [2.75, 3.05) is 12.0 Å². The minimum atomic E-state index is -4.76. The van der Waals surface area contributed by atoms with Gasteiger partial charge in [-0.25, -0.2) is 4.98 Å². The van der Waals surface area contributed by atoms with Gasteiger partial charge in [-0.3, -0.25) is 34.3 Å². The molecule has 3 fully saturated rings. The van der Waals surface area contributed by atoms with Crippen LogP contribution in [-0.2, 0) is 35.6 Å². The fraction of sp³-hybridized carbons (Fsp3) is 0.333. The number of amides is 4. The van der Waals surface area contributed by atoms with Crippen LogP contribution in [0.5, 0.6) is 5.75 Å². The lowest BCUT2D eigenvalue weighted by atomic mass is 9.49. The first-order valence-electron chi connectivity index (χ1n) is 16.3. The number of pyridine rings is 1. The van der Waals surface area contributed by atoms with E-state index in [0.717, 1.165) is 4.90 Å². The lowest BCUT2D eigenvalue weighted by molar-refractivity contribution is -0.142. The largest absolute Gasteiger partial charge is 0.508 e. The first-order chi connectivity index (χ1) is 24.6. The van der Waals surface area contributed by atoms with Gasteiger partial charge in [-0.05, 0) is 66.6 Å². The van der Waals surface area contributed by atoms with Crippen molar-refractivity contribution in [2.24, 2.45) is 23.7 Å². The molecule has 2 saturated heterocycles. The number of aliphatic carboxylic acids is 1. The van der Waals surface area contributed by atoms with Gasteiger partial charge in [-0.2, -0.15) is 18.2 Å². The van der Waals surface area contributed by atoms with Crippen LogP contribution in [0.1, 0.15) is 48.3 Å². The number of carboxylic acids is 1. The van der Waals surface area contributed by atoms with Crippen LogP contribution in [-0.4, -0.2) is 61.2 Å². The van der Waals surface area contributed by atoms with Crippen molar-refractivity contribution in [3.8, 4) is 5.75 Å². The van der Waals surface area contributed by atoms with Crippen molar-refractivity contribution >= 4 is 58.6 Å². The van der Waals surface area contributed by atoms with Crippen molar-refractivity contribution in [1.29, 1.82) is 0 Å². The summed E-state index contributed by atoms with van der Waals surface area (Å²) in [4.78, 5) is 73.4. The standard InChI is InChI=1S/C36H29Cl2F3N4O7/c37-20-7-5-18(6-8-20)35-25(32(50)45(34(35)52)43-30-26(38)14-19(16-42-30)36(39,40)41)15-24-22(29(35)17-3-9-21(46)10-4-17)11-12-23-28(24)33(51)44(31(23)49)13-1-2-27(47)48/h3-11,14,16,23-25,28-29,46H,1-2,12-13,15H2,(H,42,43)(H,47,48)/t23-,24+,25-,28-,29-,35+/m0/s1. The average Bonchev–Trinajstić information content (AvgIpc) is 3.46. The lowest BCUT2D eigenvalue weighted by Crippen LogP contribution is -2.53. The number of phenols is 1. The van der Waals surface area contributed by atoms with Crippen LogP contribution >= 0.6 is 23.2 Å². The van der Waals surface area contributed by atoms with Gasteiger partial charge in [0, 0.05) is 30.1 Å². The Balaban J connectivity index is 1.38. The Morgan fingerprint density at radius 1 is 0.981 bits per heavy atom. The predicted octanol–water partition coefficient (Wildman–Crippen LogP) is 5.96. The minimum Gasteiger partial charge on any atom is -0.508 e. The minimum absolute atomic E-state index is 0.0593. The van der Waals surface area contributed by atoms with Gasteiger partial charge >= 0.3 is 12.1 Å². The third-order valence-corrected chi connectivity index (χ3v) is 11.2. The number of rotatable bonds is 8. The molecule has 1 aromatic heterocycles. The van der Waals surface area contributed by atoms with E-state index in [1.54, 1.807) is 36.4 Å². The molecule has 11 nitrogen and oxygen atoms in total. The Bertz CT molecular complexity index is 2040. The van der Waals surface area contributed by atoms with Crippen LogP contribution < -0.4 is 5.43 Å². The molecular weight excluding hydrogens is 728 g/mol. The van der Waals surface area contributed by atoms with Crippen LogP contribution in [0.2, 0.25) is 10.0 Å². The van der Waals surface area contributed by atoms with Gasteiger partial charge in [0.2, 0.25) is 11.8 Å². The molecule has 4 aliphatic rings. The van der Waals surface area contributed by atoms with Crippen LogP contribution in [0.3, 0.4) is 0 Å². The van der Waals surface area contributed by atoms with Crippen LogP contribution in [0.25, 0.3) is 0 Å². The second-order valence-electron chi connectivity index (χ2n) is 13.3. The van der Waals surface area contributed by atoms with Crippen molar-refractivity contribution in [2.45, 2.75) is 43.2 Å². The second kappa shape index (κ2) is 12.9. The zero-order valence-electron chi connectivity index (χ0n) is 26.9. The summed E-state index contributed by atoms with van der Waals surface area (Å²) < 4.78 is 40.2. The maximum atomic E-state index is 15.1. The number of imide groups is 2. The number of carbonyl (C=O) groups is 5. The highest BCUT2D eigenvalue weighted by atomic mass is 35.5. The molecule has 7 rings (SSSR count). The highest BCUT2D eigenvalue weighted by Gasteiger charge is 2.70. The summed E-state index contributed by atoms with van der Waals surface area (Å²) in [6, 6.07) is 13.0. The van der Waals surface area contributed by atoms with E-state index in [1.165, 1.54) is 12.1 Å². The van der Waals surface area contributed by atoms with Crippen molar-refractivity contribution in [1.82, 2.24) is 14.9 Å². The van der Waals surface area contributed by atoms with Crippen LogP contribution in [0, 0.1) is 23.7 Å².